The standard InChI is InChI=1S/C13H13Cl2NS/c1-8-4-9(6-10(14)5-8)12(16)7-11-2-3-13(15)17-11/h2-6,12H,7,16H2,1H3. The van der Waals surface area contributed by atoms with Crippen LogP contribution >= 0.6 is 34.5 Å². The van der Waals surface area contributed by atoms with Gasteiger partial charge in [0.05, 0.1) is 4.34 Å². The first-order valence-electron chi connectivity index (χ1n) is 5.31. The van der Waals surface area contributed by atoms with E-state index in [1.807, 2.05) is 31.2 Å². The monoisotopic (exact) mass is 285 g/mol. The molecule has 0 aliphatic heterocycles. The van der Waals surface area contributed by atoms with E-state index in [-0.39, 0.29) is 6.04 Å². The van der Waals surface area contributed by atoms with E-state index in [0.29, 0.717) is 0 Å². The highest BCUT2D eigenvalue weighted by atomic mass is 35.5. The topological polar surface area (TPSA) is 26.0 Å². The van der Waals surface area contributed by atoms with E-state index < -0.39 is 0 Å². The molecule has 0 fully saturated rings. The average molecular weight is 286 g/mol. The Bertz CT molecular complexity index is 502. The molecule has 2 N–H and O–H groups in total. The minimum atomic E-state index is -0.0397. The third-order valence-corrected chi connectivity index (χ3v) is 4.01. The van der Waals surface area contributed by atoms with Crippen LogP contribution in [0, 0.1) is 6.92 Å². The fourth-order valence-corrected chi connectivity index (χ4v) is 3.22. The van der Waals surface area contributed by atoms with Crippen molar-refractivity contribution in [1.82, 2.24) is 0 Å². The van der Waals surface area contributed by atoms with Crippen LogP contribution in [0.5, 0.6) is 0 Å². The number of nitrogens with two attached hydrogens (primary N) is 1. The van der Waals surface area contributed by atoms with Gasteiger partial charge in [0, 0.05) is 22.4 Å². The summed E-state index contributed by atoms with van der Waals surface area (Å²) in [6.07, 6.45) is 0.789. The number of aryl methyl sites for hydroxylation is 1. The highest BCUT2D eigenvalue weighted by Gasteiger charge is 2.10. The van der Waals surface area contributed by atoms with Gasteiger partial charge in [-0.2, -0.15) is 0 Å². The van der Waals surface area contributed by atoms with Crippen molar-refractivity contribution in [3.63, 3.8) is 0 Å². The number of rotatable bonds is 3. The Morgan fingerprint density at radius 2 is 2.00 bits per heavy atom. The Morgan fingerprint density at radius 1 is 1.24 bits per heavy atom. The van der Waals surface area contributed by atoms with E-state index >= 15 is 0 Å². The van der Waals surface area contributed by atoms with Crippen LogP contribution in [-0.4, -0.2) is 0 Å². The van der Waals surface area contributed by atoms with E-state index in [0.717, 1.165) is 26.9 Å². The van der Waals surface area contributed by atoms with Gasteiger partial charge in [-0.05, 0) is 42.3 Å². The zero-order valence-corrected chi connectivity index (χ0v) is 11.7. The van der Waals surface area contributed by atoms with Gasteiger partial charge in [0.25, 0.3) is 0 Å². The molecule has 0 aliphatic rings. The lowest BCUT2D eigenvalue weighted by molar-refractivity contribution is 0.729. The van der Waals surface area contributed by atoms with E-state index in [1.165, 1.54) is 4.88 Å². The number of hydrogen-bond acceptors (Lipinski definition) is 2. The molecule has 2 aromatic rings. The Labute approximate surface area is 115 Å². The summed E-state index contributed by atoms with van der Waals surface area (Å²) in [4.78, 5) is 1.19. The summed E-state index contributed by atoms with van der Waals surface area (Å²) >= 11 is 13.5. The van der Waals surface area contributed by atoms with Gasteiger partial charge in [-0.15, -0.1) is 11.3 Å². The Morgan fingerprint density at radius 3 is 2.59 bits per heavy atom. The Hall–Kier alpha value is -0.540. The minimum Gasteiger partial charge on any atom is -0.324 e. The summed E-state index contributed by atoms with van der Waals surface area (Å²) in [5.41, 5.74) is 8.38. The van der Waals surface area contributed by atoms with Crippen LogP contribution < -0.4 is 5.73 Å². The molecule has 2 rings (SSSR count). The first kappa shape index (κ1) is 12.9. The fourth-order valence-electron chi connectivity index (χ4n) is 1.77. The number of halogens is 2. The second-order valence-corrected chi connectivity index (χ2v) is 6.31. The van der Waals surface area contributed by atoms with Crippen LogP contribution in [0.1, 0.15) is 22.0 Å². The molecule has 17 heavy (non-hydrogen) atoms. The summed E-state index contributed by atoms with van der Waals surface area (Å²) in [6.45, 7) is 2.02. The second-order valence-electron chi connectivity index (χ2n) is 4.08. The molecular formula is C13H13Cl2NS. The molecule has 0 amide bonds. The second kappa shape index (κ2) is 5.40. The number of hydrogen-bond donors (Lipinski definition) is 1. The fraction of sp³-hybridized carbons (Fsp3) is 0.231. The molecule has 1 unspecified atom stereocenters. The van der Waals surface area contributed by atoms with Crippen molar-refractivity contribution in [2.24, 2.45) is 5.73 Å². The van der Waals surface area contributed by atoms with Crippen molar-refractivity contribution in [1.29, 1.82) is 0 Å². The van der Waals surface area contributed by atoms with Crippen molar-refractivity contribution < 1.29 is 0 Å². The molecule has 0 saturated carbocycles. The summed E-state index contributed by atoms with van der Waals surface area (Å²) in [5, 5.41) is 0.736. The maximum atomic E-state index is 6.18. The van der Waals surface area contributed by atoms with Gasteiger partial charge in [0.15, 0.2) is 0 Å². The third-order valence-electron chi connectivity index (χ3n) is 2.54. The lowest BCUT2D eigenvalue weighted by Gasteiger charge is -2.12. The molecule has 1 aromatic carbocycles. The zero-order valence-electron chi connectivity index (χ0n) is 9.41. The van der Waals surface area contributed by atoms with Crippen molar-refractivity contribution in [2.75, 3.05) is 0 Å². The van der Waals surface area contributed by atoms with Crippen LogP contribution in [0.2, 0.25) is 9.36 Å². The SMILES string of the molecule is Cc1cc(Cl)cc(C(N)Cc2ccc(Cl)s2)c1. The molecule has 0 spiro atoms. The van der Waals surface area contributed by atoms with Gasteiger partial charge in [-0.25, -0.2) is 0 Å². The predicted molar refractivity (Wildman–Crippen MR) is 76.2 cm³/mol. The molecule has 90 valence electrons. The molecular weight excluding hydrogens is 273 g/mol. The van der Waals surface area contributed by atoms with Crippen LogP contribution in [0.25, 0.3) is 0 Å². The maximum Gasteiger partial charge on any atom is 0.0931 e. The molecule has 0 aliphatic carbocycles. The lowest BCUT2D eigenvalue weighted by Crippen LogP contribution is -2.12. The van der Waals surface area contributed by atoms with Crippen molar-refractivity contribution >= 4 is 34.5 Å². The zero-order chi connectivity index (χ0) is 12.4. The smallest absolute Gasteiger partial charge is 0.0931 e. The van der Waals surface area contributed by atoms with Crippen LogP contribution in [0.4, 0.5) is 0 Å². The molecule has 1 aromatic heterocycles. The number of benzene rings is 1. The van der Waals surface area contributed by atoms with E-state index in [4.69, 9.17) is 28.9 Å². The normalized spacial score (nSPS) is 12.7. The van der Waals surface area contributed by atoms with E-state index in [2.05, 4.69) is 6.07 Å². The largest absolute Gasteiger partial charge is 0.324 e. The van der Waals surface area contributed by atoms with Gasteiger partial charge in [0.2, 0.25) is 0 Å². The molecule has 1 heterocycles. The molecule has 1 nitrogen and oxygen atoms in total. The van der Waals surface area contributed by atoms with Crippen LogP contribution in [0.15, 0.2) is 30.3 Å². The lowest BCUT2D eigenvalue weighted by atomic mass is 10.0. The quantitative estimate of drug-likeness (QED) is 0.876. The maximum absolute atomic E-state index is 6.18. The van der Waals surface area contributed by atoms with Gasteiger partial charge >= 0.3 is 0 Å². The van der Waals surface area contributed by atoms with Gasteiger partial charge in [-0.3, -0.25) is 0 Å². The van der Waals surface area contributed by atoms with Crippen molar-refractivity contribution in [3.8, 4) is 0 Å². The van der Waals surface area contributed by atoms with Crippen LogP contribution in [-0.2, 0) is 6.42 Å². The molecule has 4 heteroatoms. The third kappa shape index (κ3) is 3.46. The predicted octanol–water partition coefficient (Wildman–Crippen LogP) is 4.61. The van der Waals surface area contributed by atoms with Crippen molar-refractivity contribution in [2.45, 2.75) is 19.4 Å². The summed E-state index contributed by atoms with van der Waals surface area (Å²) in [6, 6.07) is 9.81. The average Bonchev–Trinajstić information content (AvgIpc) is 2.62. The summed E-state index contributed by atoms with van der Waals surface area (Å²) < 4.78 is 0.800. The van der Waals surface area contributed by atoms with Crippen molar-refractivity contribution in [3.05, 3.63) is 55.7 Å². The first-order valence-corrected chi connectivity index (χ1v) is 6.89. The Balaban J connectivity index is 2.16. The van der Waals surface area contributed by atoms with Gasteiger partial charge < -0.3 is 5.73 Å². The molecule has 0 bridgehead atoms. The summed E-state index contributed by atoms with van der Waals surface area (Å²) in [5.74, 6) is 0. The highest BCUT2D eigenvalue weighted by Crippen LogP contribution is 2.27. The molecule has 0 radical (unpaired) electrons. The first-order chi connectivity index (χ1) is 8.04. The molecule has 0 saturated heterocycles. The number of thiophene rings is 1. The van der Waals surface area contributed by atoms with E-state index in [1.54, 1.807) is 11.3 Å². The Kier molecular flexibility index (Phi) is 4.10. The van der Waals surface area contributed by atoms with E-state index in [9.17, 15) is 0 Å². The van der Waals surface area contributed by atoms with Gasteiger partial charge in [0.1, 0.15) is 0 Å². The van der Waals surface area contributed by atoms with Gasteiger partial charge in [-0.1, -0.05) is 29.3 Å². The highest BCUT2D eigenvalue weighted by molar-refractivity contribution is 7.16. The van der Waals surface area contributed by atoms with Crippen LogP contribution in [0.3, 0.4) is 0 Å². The molecule has 1 atom stereocenters. The summed E-state index contributed by atoms with van der Waals surface area (Å²) in [7, 11) is 0. The minimum absolute atomic E-state index is 0.0397.